The third-order valence-corrected chi connectivity index (χ3v) is 4.11. The summed E-state index contributed by atoms with van der Waals surface area (Å²) in [4.78, 5) is 24.7. The van der Waals surface area contributed by atoms with Crippen molar-refractivity contribution in [3.8, 4) is 0 Å². The van der Waals surface area contributed by atoms with Gasteiger partial charge in [0.1, 0.15) is 0 Å². The average molecular weight is 342 g/mol. The molecule has 0 aromatic heterocycles. The zero-order chi connectivity index (χ0) is 17.6. The summed E-state index contributed by atoms with van der Waals surface area (Å²) in [7, 11) is -3.75. The Bertz CT molecular complexity index is 656. The molecule has 128 valence electrons. The predicted octanol–water partition coefficient (Wildman–Crippen LogP) is -0.142. The van der Waals surface area contributed by atoms with Gasteiger partial charge in [-0.25, -0.2) is 13.6 Å². The molecule has 0 bridgehead atoms. The smallest absolute Gasteiger partial charge is 0.238 e. The number of amides is 2. The molecule has 0 atom stereocenters. The molecule has 0 aliphatic heterocycles. The van der Waals surface area contributed by atoms with Gasteiger partial charge in [0.2, 0.25) is 21.8 Å². The summed E-state index contributed by atoms with van der Waals surface area (Å²) in [6.07, 6.45) is 0.183. The first-order valence-electron chi connectivity index (χ1n) is 7.04. The van der Waals surface area contributed by atoms with Crippen molar-refractivity contribution in [2.24, 2.45) is 10.9 Å². The second-order valence-corrected chi connectivity index (χ2v) is 6.96. The number of nitrogens with zero attached hydrogens (tertiary/aromatic N) is 1. The molecule has 1 rings (SSSR count). The number of anilines is 1. The predicted molar refractivity (Wildman–Crippen MR) is 87.0 cm³/mol. The fourth-order valence-electron chi connectivity index (χ4n) is 1.92. The summed E-state index contributed by atoms with van der Waals surface area (Å²) in [6, 6.07) is 5.64. The van der Waals surface area contributed by atoms with Crippen molar-refractivity contribution < 1.29 is 18.0 Å². The zero-order valence-electron chi connectivity index (χ0n) is 13.2. The van der Waals surface area contributed by atoms with Gasteiger partial charge in [0.05, 0.1) is 11.4 Å². The minimum atomic E-state index is -3.75. The van der Waals surface area contributed by atoms with Crippen molar-refractivity contribution in [2.75, 3.05) is 18.4 Å². The number of sulfonamides is 1. The molecular formula is C14H22N4O4S. The average Bonchev–Trinajstić information content (AvgIpc) is 2.42. The van der Waals surface area contributed by atoms with Crippen molar-refractivity contribution in [3.63, 3.8) is 0 Å². The third kappa shape index (κ3) is 6.76. The van der Waals surface area contributed by atoms with E-state index in [1.807, 2.05) is 13.8 Å². The van der Waals surface area contributed by atoms with E-state index in [2.05, 4.69) is 5.32 Å². The first-order valence-corrected chi connectivity index (χ1v) is 8.59. The van der Waals surface area contributed by atoms with Crippen molar-refractivity contribution in [3.05, 3.63) is 24.3 Å². The number of nitrogens with one attached hydrogen (secondary N) is 1. The van der Waals surface area contributed by atoms with E-state index in [-0.39, 0.29) is 29.8 Å². The maximum Gasteiger partial charge on any atom is 0.238 e. The highest BCUT2D eigenvalue weighted by atomic mass is 32.2. The number of nitrogens with two attached hydrogens (primary N) is 2. The van der Waals surface area contributed by atoms with Gasteiger partial charge in [0.25, 0.3) is 0 Å². The van der Waals surface area contributed by atoms with Gasteiger partial charge in [0, 0.05) is 24.7 Å². The van der Waals surface area contributed by atoms with E-state index >= 15 is 0 Å². The highest BCUT2D eigenvalue weighted by molar-refractivity contribution is 7.89. The molecule has 0 aliphatic rings. The minimum Gasteiger partial charge on any atom is -0.369 e. The highest BCUT2D eigenvalue weighted by Crippen LogP contribution is 2.13. The van der Waals surface area contributed by atoms with Crippen LogP contribution in [0.25, 0.3) is 0 Å². The minimum absolute atomic E-state index is 0.0251. The SMILES string of the molecule is CC(C)N(CCC(=O)Nc1ccc(S(N)(=O)=O)cc1)CC(N)=O. The van der Waals surface area contributed by atoms with Crippen LogP contribution >= 0.6 is 0 Å². The van der Waals surface area contributed by atoms with Crippen LogP contribution in [-0.4, -0.2) is 44.3 Å². The zero-order valence-corrected chi connectivity index (χ0v) is 14.0. The first-order chi connectivity index (χ1) is 10.6. The van der Waals surface area contributed by atoms with Crippen LogP contribution in [0.15, 0.2) is 29.2 Å². The number of carbonyl (C=O) groups is 2. The molecule has 9 heteroatoms. The maximum atomic E-state index is 11.9. The Morgan fingerprint density at radius 1 is 1.22 bits per heavy atom. The van der Waals surface area contributed by atoms with E-state index in [0.717, 1.165) is 0 Å². The second kappa shape index (κ2) is 8.04. The summed E-state index contributed by atoms with van der Waals surface area (Å²) < 4.78 is 22.3. The summed E-state index contributed by atoms with van der Waals surface area (Å²) in [5, 5.41) is 7.65. The van der Waals surface area contributed by atoms with Crippen molar-refractivity contribution in [1.82, 2.24) is 4.90 Å². The third-order valence-electron chi connectivity index (χ3n) is 3.18. The molecule has 1 aromatic carbocycles. The Kier molecular flexibility index (Phi) is 6.67. The van der Waals surface area contributed by atoms with E-state index in [9.17, 15) is 18.0 Å². The van der Waals surface area contributed by atoms with E-state index in [0.29, 0.717) is 12.2 Å². The molecule has 0 unspecified atom stereocenters. The van der Waals surface area contributed by atoms with Gasteiger partial charge in [-0.3, -0.25) is 14.5 Å². The monoisotopic (exact) mass is 342 g/mol. The number of primary sulfonamides is 1. The van der Waals surface area contributed by atoms with Gasteiger partial charge in [-0.05, 0) is 38.1 Å². The molecule has 5 N–H and O–H groups in total. The number of benzene rings is 1. The second-order valence-electron chi connectivity index (χ2n) is 5.40. The Balaban J connectivity index is 2.58. The summed E-state index contributed by atoms with van der Waals surface area (Å²) in [6.45, 7) is 4.30. The first kappa shape index (κ1) is 19.1. The molecular weight excluding hydrogens is 320 g/mol. The van der Waals surface area contributed by atoms with Crippen LogP contribution in [0.1, 0.15) is 20.3 Å². The van der Waals surface area contributed by atoms with Crippen molar-refractivity contribution >= 4 is 27.5 Å². The number of primary amides is 1. The molecule has 8 nitrogen and oxygen atoms in total. The van der Waals surface area contributed by atoms with Gasteiger partial charge in [0.15, 0.2) is 0 Å². The molecule has 0 heterocycles. The largest absolute Gasteiger partial charge is 0.369 e. The van der Waals surface area contributed by atoms with Gasteiger partial charge >= 0.3 is 0 Å². The summed E-state index contributed by atoms with van der Waals surface area (Å²) in [5.74, 6) is -0.693. The molecule has 0 aliphatic carbocycles. The molecule has 0 saturated carbocycles. The molecule has 0 spiro atoms. The topological polar surface area (TPSA) is 136 Å². The van der Waals surface area contributed by atoms with Crippen molar-refractivity contribution in [2.45, 2.75) is 31.2 Å². The Morgan fingerprint density at radius 3 is 2.22 bits per heavy atom. The molecule has 2 amide bonds. The fourth-order valence-corrected chi connectivity index (χ4v) is 2.43. The number of carbonyl (C=O) groups excluding carboxylic acids is 2. The van der Waals surface area contributed by atoms with Crippen LogP contribution in [0.3, 0.4) is 0 Å². The van der Waals surface area contributed by atoms with Gasteiger partial charge < -0.3 is 11.1 Å². The van der Waals surface area contributed by atoms with Gasteiger partial charge in [-0.15, -0.1) is 0 Å². The number of hydrogen-bond acceptors (Lipinski definition) is 5. The maximum absolute atomic E-state index is 11.9. The van der Waals surface area contributed by atoms with Crippen LogP contribution in [0.5, 0.6) is 0 Å². The van der Waals surface area contributed by atoms with Gasteiger partial charge in [-0.2, -0.15) is 0 Å². The molecule has 1 aromatic rings. The Hall–Kier alpha value is -1.97. The van der Waals surface area contributed by atoms with E-state index in [1.54, 1.807) is 4.90 Å². The molecule has 0 fully saturated rings. The van der Waals surface area contributed by atoms with E-state index in [1.165, 1.54) is 24.3 Å². The Labute approximate surface area is 135 Å². The lowest BCUT2D eigenvalue weighted by atomic mass is 10.2. The lowest BCUT2D eigenvalue weighted by Gasteiger charge is -2.24. The van der Waals surface area contributed by atoms with E-state index in [4.69, 9.17) is 10.9 Å². The quantitative estimate of drug-likeness (QED) is 0.604. The van der Waals surface area contributed by atoms with Crippen LogP contribution in [0.4, 0.5) is 5.69 Å². The number of rotatable bonds is 8. The molecule has 0 saturated heterocycles. The lowest BCUT2D eigenvalue weighted by Crippen LogP contribution is -2.40. The standard InChI is InChI=1S/C14H22N4O4S/c1-10(2)18(9-13(15)19)8-7-14(20)17-11-3-5-12(6-4-11)23(16,21)22/h3-6,10H,7-9H2,1-2H3,(H2,15,19)(H,17,20)(H2,16,21,22). The summed E-state index contributed by atoms with van der Waals surface area (Å²) >= 11 is 0. The normalized spacial score (nSPS) is 11.7. The highest BCUT2D eigenvalue weighted by Gasteiger charge is 2.14. The fraction of sp³-hybridized carbons (Fsp3) is 0.429. The summed E-state index contributed by atoms with van der Waals surface area (Å²) in [5.41, 5.74) is 5.64. The van der Waals surface area contributed by atoms with Crippen LogP contribution in [0, 0.1) is 0 Å². The van der Waals surface area contributed by atoms with E-state index < -0.39 is 15.9 Å². The number of hydrogen-bond donors (Lipinski definition) is 3. The van der Waals surface area contributed by atoms with Gasteiger partial charge in [-0.1, -0.05) is 0 Å². The van der Waals surface area contributed by atoms with Crippen LogP contribution in [0.2, 0.25) is 0 Å². The molecule has 23 heavy (non-hydrogen) atoms. The van der Waals surface area contributed by atoms with Crippen LogP contribution in [-0.2, 0) is 19.6 Å². The lowest BCUT2D eigenvalue weighted by molar-refractivity contribution is -0.121. The van der Waals surface area contributed by atoms with Crippen LogP contribution < -0.4 is 16.2 Å². The Morgan fingerprint density at radius 2 is 1.78 bits per heavy atom. The van der Waals surface area contributed by atoms with Crippen molar-refractivity contribution in [1.29, 1.82) is 0 Å². The molecule has 0 radical (unpaired) electrons.